The number of nitrogens with zero attached hydrogens (tertiary/aromatic N) is 15. The molecule has 10 heterocycles. The average molecular weight is 1540 g/mol. The summed E-state index contributed by atoms with van der Waals surface area (Å²) in [5.41, 5.74) is 24.2. The molecule has 15 rings (SSSR count). The van der Waals surface area contributed by atoms with Gasteiger partial charge in [-0.2, -0.15) is 13.2 Å². The highest BCUT2D eigenvalue weighted by Gasteiger charge is 2.30. The summed E-state index contributed by atoms with van der Waals surface area (Å²) in [7, 11) is 11.5. The third-order valence-corrected chi connectivity index (χ3v) is 19.2. The second kappa shape index (κ2) is 38.6. The van der Waals surface area contributed by atoms with E-state index in [2.05, 4.69) is 140 Å². The number of methoxy groups -OCH3 is 1. The van der Waals surface area contributed by atoms with Gasteiger partial charge in [0.15, 0.2) is 0 Å². The van der Waals surface area contributed by atoms with E-state index in [-0.39, 0.29) is 0 Å². The quantitative estimate of drug-likeness (QED) is 0.0900. The van der Waals surface area contributed by atoms with Crippen LogP contribution in [-0.2, 0) is 6.18 Å². The van der Waals surface area contributed by atoms with Crippen molar-refractivity contribution in [2.75, 3.05) is 66.8 Å². The van der Waals surface area contributed by atoms with Crippen molar-refractivity contribution in [3.05, 3.63) is 353 Å². The molecule has 586 valence electrons. The predicted molar refractivity (Wildman–Crippen MR) is 469 cm³/mol. The van der Waals surface area contributed by atoms with E-state index in [0.29, 0.717) is 17.2 Å². The lowest BCUT2D eigenvalue weighted by atomic mass is 10.1. The fraction of sp³-hybridized carbons (Fsp3) is 0.175. The van der Waals surface area contributed by atoms with E-state index in [1.165, 1.54) is 39.9 Å². The van der Waals surface area contributed by atoms with Crippen molar-refractivity contribution in [1.82, 2.24) is 49.8 Å². The van der Waals surface area contributed by atoms with Gasteiger partial charge in [-0.3, -0.25) is 24.9 Å². The Morgan fingerprint density at radius 3 is 0.845 bits per heavy atom. The van der Waals surface area contributed by atoms with Gasteiger partial charge in [-0.05, 0) is 274 Å². The molecule has 5 aromatic carbocycles. The summed E-state index contributed by atoms with van der Waals surface area (Å²) in [4.78, 5) is 56.4. The second-order valence-corrected chi connectivity index (χ2v) is 28.2. The summed E-state index contributed by atoms with van der Waals surface area (Å²) in [5, 5.41) is 0. The van der Waals surface area contributed by atoms with Crippen molar-refractivity contribution in [3.8, 4) is 62.7 Å². The first-order chi connectivity index (χ1) is 55.7. The lowest BCUT2D eigenvalue weighted by molar-refractivity contribution is -0.137. The standard InChI is InChI=1S/2C20H21N3.C19H16F3N3.C19H19N3O.C19H19N3/c1-14-11-12-17(13-15(14)2)23(4)20-10-6-9-19(22-20)18-8-5-7-16(3)21-18;1-14-11-12-19(15(2)13-14)23(4)20-10-6-9-18(22-20)17-8-5-7-16(3)21-17;1-13-5-3-6-16(23-13)17-7-4-8-18(24-17)25(2)15-11-9-14(10-12-15)19(20,21)22;1-14-7-4-10-17(20-14)18-11-6-12-19(21-18)22(2)15-8-5-9-16(13-15)23-3;1-14-10-12-16(13-11-14)22(3)19-9-5-8-18(21-19)17-7-4-6-15(2)20-17/h2*5-13H,1-4H3;3-12H,1-2H3;4-13H,1-3H3;4-13H,1-3H3. The number of alkyl halides is 3. The molecule has 19 heteroatoms. The highest BCUT2D eigenvalue weighted by molar-refractivity contribution is 5.71. The largest absolute Gasteiger partial charge is 0.497 e. The van der Waals surface area contributed by atoms with E-state index in [1.807, 2.05) is 268 Å². The first kappa shape index (κ1) is 83.1. The maximum atomic E-state index is 12.7. The van der Waals surface area contributed by atoms with Gasteiger partial charge in [0.2, 0.25) is 0 Å². The molecular weight excluding hydrogens is 1450 g/mol. The average Bonchev–Trinajstić information content (AvgIpc) is 0.816. The number of pyridine rings is 10. The molecule has 0 amide bonds. The minimum absolute atomic E-state index is 0.620. The Labute approximate surface area is 679 Å². The van der Waals surface area contributed by atoms with Crippen LogP contribution in [0.3, 0.4) is 0 Å². The molecule has 0 radical (unpaired) electrons. The van der Waals surface area contributed by atoms with Crippen molar-refractivity contribution in [2.24, 2.45) is 0 Å². The van der Waals surface area contributed by atoms with E-state index >= 15 is 0 Å². The fourth-order valence-corrected chi connectivity index (χ4v) is 12.4. The van der Waals surface area contributed by atoms with Gasteiger partial charge in [-0.15, -0.1) is 0 Å². The highest BCUT2D eigenvalue weighted by Crippen LogP contribution is 2.35. The molecule has 0 N–H and O–H groups in total. The van der Waals surface area contributed by atoms with Gasteiger partial charge in [0.05, 0.1) is 69.6 Å². The number of aryl methyl sites for hydroxylation is 10. The topological polar surface area (TPSA) is 154 Å². The van der Waals surface area contributed by atoms with Crippen LogP contribution in [0.15, 0.2) is 291 Å². The van der Waals surface area contributed by atoms with E-state index in [0.717, 1.165) is 144 Å². The smallest absolute Gasteiger partial charge is 0.416 e. The van der Waals surface area contributed by atoms with Crippen LogP contribution in [0, 0.1) is 69.2 Å². The van der Waals surface area contributed by atoms with Crippen molar-refractivity contribution in [2.45, 2.75) is 75.4 Å². The molecule has 0 atom stereocenters. The molecule has 0 bridgehead atoms. The Balaban J connectivity index is 0.000000143. The zero-order valence-electron chi connectivity index (χ0n) is 68.5. The number of hydrogen-bond acceptors (Lipinski definition) is 16. The molecule has 15 aromatic rings. The number of benzene rings is 5. The number of ether oxygens (including phenoxy) is 1. The number of rotatable bonds is 16. The molecule has 16 nitrogen and oxygen atoms in total. The lowest BCUT2D eigenvalue weighted by Crippen LogP contribution is -2.12. The lowest BCUT2D eigenvalue weighted by Gasteiger charge is -2.21. The molecule has 0 unspecified atom stereocenters. The fourth-order valence-electron chi connectivity index (χ4n) is 12.4. The van der Waals surface area contributed by atoms with E-state index < -0.39 is 11.7 Å². The van der Waals surface area contributed by atoms with Crippen LogP contribution in [0.1, 0.15) is 61.9 Å². The molecule has 0 saturated carbocycles. The zero-order valence-corrected chi connectivity index (χ0v) is 68.5. The van der Waals surface area contributed by atoms with Gasteiger partial charge in [0.1, 0.15) is 34.8 Å². The molecule has 0 spiro atoms. The van der Waals surface area contributed by atoms with E-state index in [9.17, 15) is 13.2 Å². The Hall–Kier alpha value is -13.8. The van der Waals surface area contributed by atoms with Crippen LogP contribution in [0.25, 0.3) is 56.9 Å². The number of anilines is 10. The molecule has 0 aliphatic rings. The normalized spacial score (nSPS) is 10.7. The minimum atomic E-state index is -4.34. The summed E-state index contributed by atoms with van der Waals surface area (Å²) in [6.45, 7) is 20.5. The molecular formula is C97H96F3N15O. The van der Waals surface area contributed by atoms with Gasteiger partial charge < -0.3 is 29.2 Å². The maximum Gasteiger partial charge on any atom is 0.416 e. The predicted octanol–water partition coefficient (Wildman–Crippen LogP) is 23.7. The first-order valence-corrected chi connectivity index (χ1v) is 38.0. The molecule has 0 aliphatic carbocycles. The van der Waals surface area contributed by atoms with Crippen molar-refractivity contribution < 1.29 is 17.9 Å². The van der Waals surface area contributed by atoms with Crippen molar-refractivity contribution in [1.29, 1.82) is 0 Å². The molecule has 0 fully saturated rings. The SMILES string of the molecule is COc1cccc(N(C)c2cccc(-c3cccc(C)n3)n2)c1.Cc1ccc(N(C)c2cccc(-c3cccc(C)n3)n2)c(C)c1.Cc1ccc(N(C)c2cccc(-c3cccc(C)n3)n2)cc1.Cc1cccc(-c2cccc(N(C)c3ccc(C(F)(F)F)cc3)n2)n1.Cc1cccc(-c2cccc(N(C)c3ccc(C)c(C)c3)n2)n1. The monoisotopic (exact) mass is 1540 g/mol. The van der Waals surface area contributed by atoms with Crippen LogP contribution in [0.4, 0.5) is 70.7 Å². The van der Waals surface area contributed by atoms with Gasteiger partial charge in [-0.1, -0.05) is 108 Å². The third-order valence-electron chi connectivity index (χ3n) is 19.2. The summed E-state index contributed by atoms with van der Waals surface area (Å²) in [6, 6.07) is 93.5. The summed E-state index contributed by atoms with van der Waals surface area (Å²) >= 11 is 0. The first-order valence-electron chi connectivity index (χ1n) is 38.0. The Bertz CT molecular complexity index is 5800. The van der Waals surface area contributed by atoms with E-state index in [4.69, 9.17) is 24.7 Å². The second-order valence-electron chi connectivity index (χ2n) is 28.2. The van der Waals surface area contributed by atoms with Gasteiger partial charge in [0.25, 0.3) is 0 Å². The maximum absolute atomic E-state index is 12.7. The molecule has 0 saturated heterocycles. The van der Waals surface area contributed by atoms with Gasteiger partial charge in [-0.25, -0.2) is 24.9 Å². The Kier molecular flexibility index (Phi) is 27.7. The highest BCUT2D eigenvalue weighted by atomic mass is 19.4. The number of aromatic nitrogens is 10. The molecule has 0 aliphatic heterocycles. The summed E-state index contributed by atoms with van der Waals surface area (Å²) in [6.07, 6.45) is -4.34. The third kappa shape index (κ3) is 22.3. The summed E-state index contributed by atoms with van der Waals surface area (Å²) < 4.78 is 43.3. The summed E-state index contributed by atoms with van der Waals surface area (Å²) in [5.74, 6) is 5.04. The van der Waals surface area contributed by atoms with Crippen LogP contribution in [0.2, 0.25) is 0 Å². The van der Waals surface area contributed by atoms with E-state index in [1.54, 1.807) is 25.1 Å². The van der Waals surface area contributed by atoms with Crippen LogP contribution >= 0.6 is 0 Å². The van der Waals surface area contributed by atoms with Gasteiger partial charge in [0, 0.05) is 98.2 Å². The Morgan fingerprint density at radius 2 is 0.526 bits per heavy atom. The zero-order chi connectivity index (χ0) is 82.6. The van der Waals surface area contributed by atoms with Gasteiger partial charge >= 0.3 is 6.18 Å². The number of hydrogen-bond donors (Lipinski definition) is 0. The molecule has 116 heavy (non-hydrogen) atoms. The van der Waals surface area contributed by atoms with Crippen LogP contribution in [0.5, 0.6) is 5.75 Å². The molecule has 10 aromatic heterocycles. The minimum Gasteiger partial charge on any atom is -0.497 e. The van der Waals surface area contributed by atoms with Crippen LogP contribution < -0.4 is 29.2 Å². The number of halogens is 3. The Morgan fingerprint density at radius 1 is 0.241 bits per heavy atom. The van der Waals surface area contributed by atoms with Crippen molar-refractivity contribution in [3.63, 3.8) is 0 Å². The van der Waals surface area contributed by atoms with Crippen LogP contribution in [-0.4, -0.2) is 92.2 Å². The van der Waals surface area contributed by atoms with Crippen molar-refractivity contribution >= 4 is 57.5 Å².